The molecule has 0 saturated heterocycles. The maximum atomic E-state index is 11.3. The Balaban J connectivity index is 2.38. The largest absolute Gasteiger partial charge is 0.460 e. The smallest absolute Gasteiger partial charge is 0.376 e. The molecular formula is C9H9N3O2. The number of nitrogens with zero attached hydrogens (tertiary/aromatic N) is 2. The summed E-state index contributed by atoms with van der Waals surface area (Å²) < 4.78 is 4.78. The maximum Gasteiger partial charge on any atom is 0.376 e. The highest BCUT2D eigenvalue weighted by molar-refractivity contribution is 5.88. The van der Waals surface area contributed by atoms with E-state index in [1.807, 2.05) is 0 Å². The van der Waals surface area contributed by atoms with Crippen molar-refractivity contribution < 1.29 is 9.53 Å². The highest BCUT2D eigenvalue weighted by Gasteiger charge is 2.10. The maximum absolute atomic E-state index is 11.3. The molecule has 2 aromatic heterocycles. The van der Waals surface area contributed by atoms with Gasteiger partial charge in [-0.2, -0.15) is 0 Å². The van der Waals surface area contributed by atoms with Gasteiger partial charge in [-0.25, -0.2) is 14.8 Å². The Kier molecular flexibility index (Phi) is 2.14. The van der Waals surface area contributed by atoms with Crippen molar-refractivity contribution in [2.75, 3.05) is 6.61 Å². The van der Waals surface area contributed by atoms with Crippen molar-refractivity contribution in [1.82, 2.24) is 15.0 Å². The van der Waals surface area contributed by atoms with Crippen LogP contribution in [0, 0.1) is 0 Å². The van der Waals surface area contributed by atoms with Gasteiger partial charge in [-0.3, -0.25) is 0 Å². The quantitative estimate of drug-likeness (QED) is 0.722. The zero-order valence-electron chi connectivity index (χ0n) is 7.65. The van der Waals surface area contributed by atoms with Crippen LogP contribution in [0.15, 0.2) is 18.6 Å². The molecule has 14 heavy (non-hydrogen) atoms. The second-order valence-corrected chi connectivity index (χ2v) is 2.71. The predicted molar refractivity (Wildman–Crippen MR) is 49.8 cm³/mol. The minimum Gasteiger partial charge on any atom is -0.460 e. The number of H-pyrrole nitrogens is 1. The molecular weight excluding hydrogens is 182 g/mol. The Hall–Kier alpha value is -1.91. The second-order valence-electron chi connectivity index (χ2n) is 2.71. The third-order valence-corrected chi connectivity index (χ3v) is 1.76. The first-order chi connectivity index (χ1) is 6.81. The third-order valence-electron chi connectivity index (χ3n) is 1.76. The van der Waals surface area contributed by atoms with E-state index in [1.54, 1.807) is 25.5 Å². The molecule has 0 atom stereocenters. The van der Waals surface area contributed by atoms with Gasteiger partial charge in [0.05, 0.1) is 12.1 Å². The van der Waals surface area contributed by atoms with Crippen LogP contribution in [-0.4, -0.2) is 27.5 Å². The lowest BCUT2D eigenvalue weighted by Gasteiger charge is -1.98. The number of esters is 1. The number of hydrogen-bond acceptors (Lipinski definition) is 4. The van der Waals surface area contributed by atoms with Crippen LogP contribution in [0.3, 0.4) is 0 Å². The zero-order chi connectivity index (χ0) is 9.97. The van der Waals surface area contributed by atoms with Crippen molar-refractivity contribution in [3.8, 4) is 0 Å². The van der Waals surface area contributed by atoms with Gasteiger partial charge < -0.3 is 9.72 Å². The lowest BCUT2D eigenvalue weighted by atomic mass is 10.4. The fraction of sp³-hybridized carbons (Fsp3) is 0.222. The van der Waals surface area contributed by atoms with Crippen molar-refractivity contribution in [2.45, 2.75) is 6.92 Å². The van der Waals surface area contributed by atoms with E-state index in [9.17, 15) is 4.79 Å². The number of carbonyl (C=O) groups excluding carboxylic acids is 1. The molecule has 2 aromatic rings. The molecule has 0 spiro atoms. The number of fused-ring (bicyclic) bond motifs is 1. The van der Waals surface area contributed by atoms with Crippen LogP contribution >= 0.6 is 0 Å². The van der Waals surface area contributed by atoms with Crippen LogP contribution < -0.4 is 0 Å². The van der Waals surface area contributed by atoms with E-state index in [-0.39, 0.29) is 5.82 Å². The number of carbonyl (C=O) groups is 1. The van der Waals surface area contributed by atoms with Crippen LogP contribution in [0.1, 0.15) is 17.5 Å². The van der Waals surface area contributed by atoms with Gasteiger partial charge in [-0.05, 0) is 6.92 Å². The summed E-state index contributed by atoms with van der Waals surface area (Å²) in [6, 6.07) is 0. The van der Waals surface area contributed by atoms with Crippen molar-refractivity contribution >= 4 is 16.9 Å². The Labute approximate surface area is 80.1 Å². The summed E-state index contributed by atoms with van der Waals surface area (Å²) in [5, 5.41) is 0.873. The normalized spacial score (nSPS) is 10.4. The minimum absolute atomic E-state index is 0.0963. The van der Waals surface area contributed by atoms with E-state index in [2.05, 4.69) is 15.0 Å². The average Bonchev–Trinajstić information content (AvgIpc) is 2.64. The average molecular weight is 191 g/mol. The van der Waals surface area contributed by atoms with Crippen molar-refractivity contribution in [2.24, 2.45) is 0 Å². The molecule has 5 nitrogen and oxygen atoms in total. The van der Waals surface area contributed by atoms with Gasteiger partial charge in [-0.15, -0.1) is 0 Å². The molecule has 72 valence electrons. The Bertz CT molecular complexity index is 464. The molecule has 5 heteroatoms. The van der Waals surface area contributed by atoms with E-state index in [0.29, 0.717) is 12.1 Å². The molecule has 0 amide bonds. The first-order valence-electron chi connectivity index (χ1n) is 4.28. The second kappa shape index (κ2) is 3.45. The molecule has 2 heterocycles. The summed E-state index contributed by atoms with van der Waals surface area (Å²) in [4.78, 5) is 22.1. The predicted octanol–water partition coefficient (Wildman–Crippen LogP) is 1.13. The fourth-order valence-electron chi connectivity index (χ4n) is 1.14. The topological polar surface area (TPSA) is 67.9 Å². The molecule has 2 rings (SSSR count). The van der Waals surface area contributed by atoms with Gasteiger partial charge in [0.1, 0.15) is 0 Å². The van der Waals surface area contributed by atoms with E-state index < -0.39 is 5.97 Å². The molecule has 0 aliphatic heterocycles. The van der Waals surface area contributed by atoms with Crippen molar-refractivity contribution in [3.05, 3.63) is 24.4 Å². The van der Waals surface area contributed by atoms with Crippen LogP contribution in [0.4, 0.5) is 0 Å². The first kappa shape index (κ1) is 8.68. The number of aromatic amines is 1. The summed E-state index contributed by atoms with van der Waals surface area (Å²) in [6.45, 7) is 2.07. The lowest BCUT2D eigenvalue weighted by molar-refractivity contribution is 0.0512. The molecule has 0 bridgehead atoms. The fourth-order valence-corrected chi connectivity index (χ4v) is 1.14. The van der Waals surface area contributed by atoms with Gasteiger partial charge in [0.15, 0.2) is 0 Å². The molecule has 0 aliphatic rings. The number of rotatable bonds is 2. The van der Waals surface area contributed by atoms with E-state index in [0.717, 1.165) is 5.39 Å². The Morgan fingerprint density at radius 1 is 1.57 bits per heavy atom. The van der Waals surface area contributed by atoms with E-state index in [1.165, 1.54) is 0 Å². The molecule has 0 aromatic carbocycles. The standard InChI is InChI=1S/C9H9N3O2/c1-2-14-9(13)8-11-4-6-3-10-5-7(6)12-8/h3-5,10H,2H2,1H3. The summed E-state index contributed by atoms with van der Waals surface area (Å²) in [7, 11) is 0. The van der Waals surface area contributed by atoms with Gasteiger partial charge in [0, 0.05) is 24.0 Å². The Morgan fingerprint density at radius 2 is 2.43 bits per heavy atom. The van der Waals surface area contributed by atoms with Crippen LogP contribution in [0.5, 0.6) is 0 Å². The van der Waals surface area contributed by atoms with Gasteiger partial charge in [0.2, 0.25) is 5.82 Å². The van der Waals surface area contributed by atoms with E-state index in [4.69, 9.17) is 4.74 Å². The number of ether oxygens (including phenoxy) is 1. The summed E-state index contributed by atoms with van der Waals surface area (Å²) in [5.41, 5.74) is 0.711. The number of aromatic nitrogens is 3. The first-order valence-corrected chi connectivity index (χ1v) is 4.28. The number of hydrogen-bond donors (Lipinski definition) is 1. The van der Waals surface area contributed by atoms with Crippen LogP contribution in [-0.2, 0) is 4.74 Å². The molecule has 0 saturated carbocycles. The van der Waals surface area contributed by atoms with Gasteiger partial charge >= 0.3 is 5.97 Å². The van der Waals surface area contributed by atoms with Crippen molar-refractivity contribution in [3.63, 3.8) is 0 Å². The molecule has 0 fully saturated rings. The highest BCUT2D eigenvalue weighted by Crippen LogP contribution is 2.08. The lowest BCUT2D eigenvalue weighted by Crippen LogP contribution is -2.09. The summed E-state index contributed by atoms with van der Waals surface area (Å²) in [6.07, 6.45) is 5.06. The van der Waals surface area contributed by atoms with Gasteiger partial charge in [-0.1, -0.05) is 0 Å². The Morgan fingerprint density at radius 3 is 3.21 bits per heavy atom. The minimum atomic E-state index is -0.490. The molecule has 1 N–H and O–H groups in total. The summed E-state index contributed by atoms with van der Waals surface area (Å²) >= 11 is 0. The third kappa shape index (κ3) is 1.44. The monoisotopic (exact) mass is 191 g/mol. The van der Waals surface area contributed by atoms with Crippen molar-refractivity contribution in [1.29, 1.82) is 0 Å². The SMILES string of the molecule is CCOC(=O)c1ncc2c[nH]cc2n1. The summed E-state index contributed by atoms with van der Waals surface area (Å²) in [5.74, 6) is -0.394. The van der Waals surface area contributed by atoms with Gasteiger partial charge in [0.25, 0.3) is 0 Å². The van der Waals surface area contributed by atoms with Crippen LogP contribution in [0.25, 0.3) is 10.9 Å². The molecule has 0 aliphatic carbocycles. The molecule has 0 radical (unpaired) electrons. The highest BCUT2D eigenvalue weighted by atomic mass is 16.5. The van der Waals surface area contributed by atoms with Crippen LogP contribution in [0.2, 0.25) is 0 Å². The zero-order valence-corrected chi connectivity index (χ0v) is 7.65. The van der Waals surface area contributed by atoms with E-state index >= 15 is 0 Å². The molecule has 0 unspecified atom stereocenters. The number of nitrogens with one attached hydrogen (secondary N) is 1.